The maximum atomic E-state index is 13.6. The number of rotatable bonds is 4. The Hall–Kier alpha value is -2.31. The van der Waals surface area contributed by atoms with E-state index in [0.29, 0.717) is 16.6 Å². The highest BCUT2D eigenvalue weighted by molar-refractivity contribution is 6.35. The van der Waals surface area contributed by atoms with Gasteiger partial charge in [-0.2, -0.15) is 0 Å². The molecule has 0 aliphatic heterocycles. The van der Waals surface area contributed by atoms with Crippen molar-refractivity contribution in [1.29, 1.82) is 0 Å². The van der Waals surface area contributed by atoms with Gasteiger partial charge in [0.25, 0.3) is 0 Å². The number of fused-ring (bicyclic) bond motifs is 1. The van der Waals surface area contributed by atoms with Crippen LogP contribution >= 0.6 is 23.2 Å². The zero-order valence-corrected chi connectivity index (χ0v) is 14.7. The Bertz CT molecular complexity index is 1010. The number of aromatic nitrogens is 2. The smallest absolute Gasteiger partial charge is 0.326 e. The van der Waals surface area contributed by atoms with Crippen LogP contribution in [-0.2, 0) is 11.3 Å². The van der Waals surface area contributed by atoms with Gasteiger partial charge < -0.3 is 10.3 Å². The predicted molar refractivity (Wildman–Crippen MR) is 95.5 cm³/mol. The lowest BCUT2D eigenvalue weighted by Gasteiger charge is -2.16. The Balaban J connectivity index is 1.79. The minimum Gasteiger partial charge on any atom is -0.348 e. The second-order valence-electron chi connectivity index (χ2n) is 5.61. The van der Waals surface area contributed by atoms with Gasteiger partial charge in [-0.1, -0.05) is 35.3 Å². The summed E-state index contributed by atoms with van der Waals surface area (Å²) in [5.74, 6) is -1.01. The largest absolute Gasteiger partial charge is 0.348 e. The van der Waals surface area contributed by atoms with Crippen LogP contribution in [-0.4, -0.2) is 15.5 Å². The van der Waals surface area contributed by atoms with Gasteiger partial charge in [0, 0.05) is 5.02 Å². The topological polar surface area (TPSA) is 66.9 Å². The maximum Gasteiger partial charge on any atom is 0.326 e. The molecule has 0 spiro atoms. The first-order chi connectivity index (χ1) is 11.9. The van der Waals surface area contributed by atoms with Gasteiger partial charge in [0.05, 0.1) is 22.1 Å². The number of amides is 1. The van der Waals surface area contributed by atoms with Crippen LogP contribution in [0.2, 0.25) is 10.0 Å². The summed E-state index contributed by atoms with van der Waals surface area (Å²) in [5.41, 5.74) is 1.31. The summed E-state index contributed by atoms with van der Waals surface area (Å²) in [7, 11) is 0. The number of nitrogens with one attached hydrogen (secondary N) is 2. The molecule has 3 rings (SSSR count). The number of para-hydroxylation sites is 2. The van der Waals surface area contributed by atoms with Crippen LogP contribution in [0, 0.1) is 5.82 Å². The second kappa shape index (κ2) is 6.90. The van der Waals surface area contributed by atoms with Crippen molar-refractivity contribution < 1.29 is 9.18 Å². The monoisotopic (exact) mass is 381 g/mol. The number of aromatic amines is 1. The fraction of sp³-hybridized carbons (Fsp3) is 0.176. The molecule has 1 aromatic heterocycles. The summed E-state index contributed by atoms with van der Waals surface area (Å²) in [6, 6.07) is 9.01. The standard InChI is InChI=1S/C17H14Cl2FN3O2/c1-9(10-6-13(20)12(19)7-11(10)18)21-16(24)8-23-15-5-3-2-4-14(15)22-17(23)25/h2-7,9H,8H2,1H3,(H,21,24)(H,22,25). The normalized spacial score (nSPS) is 12.3. The van der Waals surface area contributed by atoms with Gasteiger partial charge in [0.15, 0.2) is 0 Å². The first-order valence-electron chi connectivity index (χ1n) is 7.48. The number of hydrogen-bond donors (Lipinski definition) is 2. The van der Waals surface area contributed by atoms with Crippen LogP contribution in [0.25, 0.3) is 11.0 Å². The third kappa shape index (κ3) is 3.55. The molecule has 5 nitrogen and oxygen atoms in total. The molecule has 1 unspecified atom stereocenters. The molecule has 1 amide bonds. The van der Waals surface area contributed by atoms with E-state index < -0.39 is 17.8 Å². The van der Waals surface area contributed by atoms with E-state index >= 15 is 0 Å². The number of hydrogen-bond acceptors (Lipinski definition) is 2. The average molecular weight is 382 g/mol. The van der Waals surface area contributed by atoms with Gasteiger partial charge in [0.2, 0.25) is 5.91 Å². The average Bonchev–Trinajstić information content (AvgIpc) is 2.86. The molecule has 2 N–H and O–H groups in total. The number of nitrogens with zero attached hydrogens (tertiary/aromatic N) is 1. The van der Waals surface area contributed by atoms with Gasteiger partial charge >= 0.3 is 5.69 Å². The second-order valence-corrected chi connectivity index (χ2v) is 6.42. The summed E-state index contributed by atoms with van der Waals surface area (Å²) < 4.78 is 15.0. The molecule has 0 radical (unpaired) electrons. The van der Waals surface area contributed by atoms with Crippen molar-refractivity contribution in [2.75, 3.05) is 0 Å². The molecule has 0 saturated carbocycles. The van der Waals surface area contributed by atoms with E-state index in [4.69, 9.17) is 23.2 Å². The van der Waals surface area contributed by atoms with E-state index in [9.17, 15) is 14.0 Å². The van der Waals surface area contributed by atoms with Crippen LogP contribution in [0.3, 0.4) is 0 Å². The summed E-state index contributed by atoms with van der Waals surface area (Å²) >= 11 is 11.7. The first-order valence-corrected chi connectivity index (χ1v) is 8.23. The Labute approximate surface area is 152 Å². The summed E-state index contributed by atoms with van der Waals surface area (Å²) in [5, 5.41) is 2.87. The van der Waals surface area contributed by atoms with Crippen molar-refractivity contribution in [3.8, 4) is 0 Å². The van der Waals surface area contributed by atoms with E-state index in [1.54, 1.807) is 31.2 Å². The third-order valence-electron chi connectivity index (χ3n) is 3.87. The van der Waals surface area contributed by atoms with Crippen molar-refractivity contribution in [2.45, 2.75) is 19.5 Å². The molecule has 2 aromatic carbocycles. The number of carbonyl (C=O) groups excluding carboxylic acids is 1. The van der Waals surface area contributed by atoms with E-state index in [2.05, 4.69) is 10.3 Å². The highest BCUT2D eigenvalue weighted by atomic mass is 35.5. The number of halogens is 3. The summed E-state index contributed by atoms with van der Waals surface area (Å²) in [6.07, 6.45) is 0. The molecular formula is C17H14Cl2FN3O2. The minimum atomic E-state index is -0.616. The number of carbonyl (C=O) groups is 1. The molecule has 0 aliphatic carbocycles. The zero-order valence-electron chi connectivity index (χ0n) is 13.1. The fourth-order valence-corrected chi connectivity index (χ4v) is 3.19. The van der Waals surface area contributed by atoms with Gasteiger partial charge in [-0.05, 0) is 36.8 Å². The van der Waals surface area contributed by atoms with Crippen LogP contribution in [0.5, 0.6) is 0 Å². The molecule has 25 heavy (non-hydrogen) atoms. The van der Waals surface area contributed by atoms with Crippen molar-refractivity contribution >= 4 is 40.1 Å². The van der Waals surface area contributed by atoms with E-state index in [1.165, 1.54) is 16.7 Å². The third-order valence-corrected chi connectivity index (χ3v) is 4.48. The molecular weight excluding hydrogens is 368 g/mol. The Kier molecular flexibility index (Phi) is 4.83. The lowest BCUT2D eigenvalue weighted by molar-refractivity contribution is -0.122. The zero-order chi connectivity index (χ0) is 18.1. The van der Waals surface area contributed by atoms with E-state index in [0.717, 1.165) is 0 Å². The number of H-pyrrole nitrogens is 1. The van der Waals surface area contributed by atoms with Gasteiger partial charge in [-0.25, -0.2) is 9.18 Å². The Morgan fingerprint density at radius 2 is 2.00 bits per heavy atom. The molecule has 0 saturated heterocycles. The molecule has 1 atom stereocenters. The first kappa shape index (κ1) is 17.5. The number of imidazole rings is 1. The van der Waals surface area contributed by atoms with E-state index in [1.807, 2.05) is 0 Å². The Morgan fingerprint density at radius 3 is 2.76 bits per heavy atom. The van der Waals surface area contributed by atoms with Crippen LogP contribution in [0.1, 0.15) is 18.5 Å². The molecule has 3 aromatic rings. The predicted octanol–water partition coefficient (Wildman–Crippen LogP) is 3.65. The molecule has 8 heteroatoms. The molecule has 130 valence electrons. The molecule has 0 aliphatic rings. The van der Waals surface area contributed by atoms with Crippen molar-refractivity contribution in [1.82, 2.24) is 14.9 Å². The van der Waals surface area contributed by atoms with E-state index in [-0.39, 0.29) is 22.3 Å². The number of benzene rings is 2. The van der Waals surface area contributed by atoms with Crippen molar-refractivity contribution in [2.24, 2.45) is 0 Å². The quantitative estimate of drug-likeness (QED) is 0.677. The molecule has 0 fully saturated rings. The van der Waals surface area contributed by atoms with Crippen molar-refractivity contribution in [3.05, 3.63) is 68.3 Å². The highest BCUT2D eigenvalue weighted by Crippen LogP contribution is 2.28. The van der Waals surface area contributed by atoms with Gasteiger partial charge in [-0.15, -0.1) is 0 Å². The van der Waals surface area contributed by atoms with Crippen LogP contribution in [0.15, 0.2) is 41.2 Å². The lowest BCUT2D eigenvalue weighted by atomic mass is 10.1. The maximum absolute atomic E-state index is 13.6. The lowest BCUT2D eigenvalue weighted by Crippen LogP contribution is -2.33. The SMILES string of the molecule is CC(NC(=O)Cn1c(=O)[nH]c2ccccc21)c1cc(F)c(Cl)cc1Cl. The van der Waals surface area contributed by atoms with Gasteiger partial charge in [-0.3, -0.25) is 9.36 Å². The van der Waals surface area contributed by atoms with Crippen molar-refractivity contribution in [3.63, 3.8) is 0 Å². The summed E-state index contributed by atoms with van der Waals surface area (Å²) in [6.45, 7) is 1.51. The molecule has 1 heterocycles. The highest BCUT2D eigenvalue weighted by Gasteiger charge is 2.17. The Morgan fingerprint density at radius 1 is 1.28 bits per heavy atom. The summed E-state index contributed by atoms with van der Waals surface area (Å²) in [4.78, 5) is 27.0. The fourth-order valence-electron chi connectivity index (χ4n) is 2.64. The molecule has 0 bridgehead atoms. The minimum absolute atomic E-state index is 0.0855. The van der Waals surface area contributed by atoms with Crippen LogP contribution < -0.4 is 11.0 Å². The van der Waals surface area contributed by atoms with Crippen LogP contribution in [0.4, 0.5) is 4.39 Å². The van der Waals surface area contributed by atoms with Gasteiger partial charge in [0.1, 0.15) is 12.4 Å².